The molecule has 1 aliphatic heterocycles. The monoisotopic (exact) mass is 789 g/mol. The smallest absolute Gasteiger partial charge is 0.425 e. The number of esters is 1. The molecule has 16 heteroatoms. The van der Waals surface area contributed by atoms with Gasteiger partial charge in [-0.15, -0.1) is 11.8 Å². The van der Waals surface area contributed by atoms with Crippen LogP contribution >= 0.6 is 11.8 Å². The maximum absolute atomic E-state index is 14.8. The molecule has 6 rings (SSSR count). The summed E-state index contributed by atoms with van der Waals surface area (Å²) in [5, 5.41) is 2.98. The Kier molecular flexibility index (Phi) is 11.7. The number of thioether (sulfide) groups is 1. The first-order valence-electron chi connectivity index (χ1n) is 16.9. The molecule has 1 unspecified atom stereocenters. The SMILES string of the molecule is O=C(C(OC(=O)C(F)(F)F)n1c(SCc2cccc(F)c2F)cc(=O)c2ccccc21)N(Cc1ccc(-c2ccc(C(F)(F)F)cc2)cc1)C1CCNCC1. The zero-order valence-electron chi connectivity index (χ0n) is 28.6. The number of halogens is 8. The van der Waals surface area contributed by atoms with Crippen molar-refractivity contribution in [2.24, 2.45) is 0 Å². The van der Waals surface area contributed by atoms with Crippen LogP contribution in [0.3, 0.4) is 0 Å². The molecule has 5 aromatic rings. The number of para-hydroxylation sites is 1. The highest BCUT2D eigenvalue weighted by molar-refractivity contribution is 7.98. The highest BCUT2D eigenvalue weighted by Crippen LogP contribution is 2.35. The summed E-state index contributed by atoms with van der Waals surface area (Å²) in [7, 11) is 0. The van der Waals surface area contributed by atoms with Gasteiger partial charge in [-0.2, -0.15) is 26.3 Å². The molecule has 55 heavy (non-hydrogen) atoms. The molecule has 1 aromatic heterocycles. The summed E-state index contributed by atoms with van der Waals surface area (Å²) < 4.78 is 116. The van der Waals surface area contributed by atoms with Crippen LogP contribution in [-0.4, -0.2) is 46.7 Å². The van der Waals surface area contributed by atoms with Crippen molar-refractivity contribution in [3.63, 3.8) is 0 Å². The van der Waals surface area contributed by atoms with Crippen molar-refractivity contribution in [3.8, 4) is 11.1 Å². The molecular formula is C39H31F8N3O4S. The molecule has 0 radical (unpaired) electrons. The van der Waals surface area contributed by atoms with E-state index in [1.54, 1.807) is 24.3 Å². The van der Waals surface area contributed by atoms with Crippen molar-refractivity contribution in [2.75, 3.05) is 13.1 Å². The molecule has 1 fully saturated rings. The van der Waals surface area contributed by atoms with E-state index in [0.717, 1.165) is 40.6 Å². The molecule has 288 valence electrons. The van der Waals surface area contributed by atoms with Crippen LogP contribution in [0.2, 0.25) is 0 Å². The van der Waals surface area contributed by atoms with Crippen molar-refractivity contribution < 1.29 is 49.4 Å². The fraction of sp³-hybridized carbons (Fsp3) is 0.256. The normalized spacial score (nSPS) is 14.5. The second-order valence-corrected chi connectivity index (χ2v) is 13.7. The molecule has 1 N–H and O–H groups in total. The molecule has 1 saturated heterocycles. The van der Waals surface area contributed by atoms with Gasteiger partial charge in [0.15, 0.2) is 17.1 Å². The van der Waals surface area contributed by atoms with Crippen LogP contribution in [0.4, 0.5) is 35.1 Å². The summed E-state index contributed by atoms with van der Waals surface area (Å²) in [6.07, 6.45) is -11.6. The number of carbonyl (C=O) groups excluding carboxylic acids is 2. The van der Waals surface area contributed by atoms with Gasteiger partial charge >= 0.3 is 18.3 Å². The van der Waals surface area contributed by atoms with Gasteiger partial charge < -0.3 is 15.0 Å². The molecule has 0 spiro atoms. The van der Waals surface area contributed by atoms with Crippen molar-refractivity contribution in [2.45, 2.75) is 54.8 Å². The molecule has 1 aliphatic rings. The number of ether oxygens (including phenoxy) is 1. The van der Waals surface area contributed by atoms with Gasteiger partial charge in [0.05, 0.1) is 16.1 Å². The van der Waals surface area contributed by atoms with E-state index in [0.29, 0.717) is 42.6 Å². The minimum absolute atomic E-state index is 0.0167. The maximum Gasteiger partial charge on any atom is 0.491 e. The summed E-state index contributed by atoms with van der Waals surface area (Å²) in [5.41, 5.74) is -0.0539. The number of nitrogens with one attached hydrogen (secondary N) is 1. The van der Waals surface area contributed by atoms with E-state index in [4.69, 9.17) is 4.74 Å². The average Bonchev–Trinajstić information content (AvgIpc) is 3.16. The highest BCUT2D eigenvalue weighted by Gasteiger charge is 2.45. The van der Waals surface area contributed by atoms with Crippen molar-refractivity contribution >= 4 is 34.5 Å². The van der Waals surface area contributed by atoms with Crippen molar-refractivity contribution in [1.82, 2.24) is 14.8 Å². The van der Waals surface area contributed by atoms with Crippen LogP contribution in [0.25, 0.3) is 22.0 Å². The Morgan fingerprint density at radius 1 is 0.855 bits per heavy atom. The average molecular weight is 790 g/mol. The minimum Gasteiger partial charge on any atom is -0.425 e. The Balaban J connectivity index is 1.42. The van der Waals surface area contributed by atoms with Crippen LogP contribution in [0.1, 0.15) is 35.8 Å². The predicted octanol–water partition coefficient (Wildman–Crippen LogP) is 8.64. The lowest BCUT2D eigenvalue weighted by Gasteiger charge is -2.37. The molecule has 0 saturated carbocycles. The summed E-state index contributed by atoms with van der Waals surface area (Å²) in [5.74, 6) is -6.37. The van der Waals surface area contributed by atoms with Gasteiger partial charge in [0.25, 0.3) is 12.1 Å². The molecule has 0 bridgehead atoms. The first-order chi connectivity index (χ1) is 26.1. The van der Waals surface area contributed by atoms with Crippen LogP contribution in [0.15, 0.2) is 107 Å². The fourth-order valence-corrected chi connectivity index (χ4v) is 7.36. The molecule has 4 aromatic carbocycles. The Hall–Kier alpha value is -5.22. The number of aromatic nitrogens is 1. The Bertz CT molecular complexity index is 2240. The number of alkyl halides is 6. The zero-order valence-corrected chi connectivity index (χ0v) is 29.4. The first kappa shape index (κ1) is 39.5. The summed E-state index contributed by atoms with van der Waals surface area (Å²) in [6, 6.07) is 20.6. The van der Waals surface area contributed by atoms with Crippen LogP contribution < -0.4 is 10.7 Å². The molecule has 2 heterocycles. The third-order valence-electron chi connectivity index (χ3n) is 9.11. The molecule has 7 nitrogen and oxygen atoms in total. The lowest BCUT2D eigenvalue weighted by atomic mass is 10.0. The minimum atomic E-state index is -5.53. The Morgan fingerprint density at radius 3 is 2.13 bits per heavy atom. The van der Waals surface area contributed by atoms with Crippen LogP contribution in [-0.2, 0) is 32.8 Å². The van der Waals surface area contributed by atoms with Gasteiger partial charge in [0.2, 0.25) is 0 Å². The number of carbonyl (C=O) groups is 2. The van der Waals surface area contributed by atoms with E-state index in [1.807, 2.05) is 0 Å². The standard InChI is InChI=1S/C39H31F8N3O4S/c40-30-6-3-4-26(34(30)41)22-55-33-20-32(51)29-5-1-2-7-31(29)50(33)36(54-37(53)39(45,46)47)35(52)49(28-16-18-48-19-17-28)21-23-8-10-24(11-9-23)25-12-14-27(15-13-25)38(42,43)44/h1-15,20,28,36,48H,16-19,21-22H2. The van der Waals surface area contributed by atoms with Gasteiger partial charge in [-0.25, -0.2) is 13.6 Å². The maximum atomic E-state index is 14.8. The second-order valence-electron chi connectivity index (χ2n) is 12.7. The highest BCUT2D eigenvalue weighted by atomic mass is 32.2. The number of hydrogen-bond donors (Lipinski definition) is 1. The number of fused-ring (bicyclic) bond motifs is 1. The van der Waals surface area contributed by atoms with Crippen LogP contribution in [0, 0.1) is 11.6 Å². The number of pyridine rings is 1. The fourth-order valence-electron chi connectivity index (χ4n) is 6.31. The third-order valence-corrected chi connectivity index (χ3v) is 10.2. The van der Waals surface area contributed by atoms with E-state index in [2.05, 4.69) is 5.32 Å². The summed E-state index contributed by atoms with van der Waals surface area (Å²) >= 11 is 0.726. The zero-order chi connectivity index (χ0) is 39.5. The number of benzene rings is 4. The number of piperidine rings is 1. The van der Waals surface area contributed by atoms with Gasteiger partial charge in [-0.3, -0.25) is 14.2 Å². The predicted molar refractivity (Wildman–Crippen MR) is 189 cm³/mol. The van der Waals surface area contributed by atoms with E-state index in [9.17, 15) is 49.5 Å². The summed E-state index contributed by atoms with van der Waals surface area (Å²) in [4.78, 5) is 42.0. The van der Waals surface area contributed by atoms with E-state index in [1.165, 1.54) is 53.4 Å². The van der Waals surface area contributed by atoms with Crippen molar-refractivity contribution in [3.05, 3.63) is 136 Å². The van der Waals surface area contributed by atoms with Gasteiger partial charge in [-0.1, -0.05) is 60.7 Å². The van der Waals surface area contributed by atoms with E-state index < -0.39 is 59.1 Å². The lowest BCUT2D eigenvalue weighted by Crippen LogP contribution is -2.49. The van der Waals surface area contributed by atoms with Crippen molar-refractivity contribution in [1.29, 1.82) is 0 Å². The Labute approximate surface area is 312 Å². The summed E-state index contributed by atoms with van der Waals surface area (Å²) in [6.45, 7) is 0.733. The molecular weight excluding hydrogens is 758 g/mol. The van der Waals surface area contributed by atoms with Gasteiger partial charge in [0, 0.05) is 35.4 Å². The molecule has 1 atom stereocenters. The largest absolute Gasteiger partial charge is 0.491 e. The topological polar surface area (TPSA) is 80.6 Å². The quantitative estimate of drug-likeness (QED) is 0.0868. The van der Waals surface area contributed by atoms with E-state index in [-0.39, 0.29) is 33.8 Å². The van der Waals surface area contributed by atoms with E-state index >= 15 is 0 Å². The lowest BCUT2D eigenvalue weighted by molar-refractivity contribution is -0.211. The van der Waals surface area contributed by atoms with Gasteiger partial charge in [-0.05, 0) is 73.0 Å². The van der Waals surface area contributed by atoms with Gasteiger partial charge in [0.1, 0.15) is 0 Å². The number of hydrogen-bond acceptors (Lipinski definition) is 6. The number of amides is 1. The number of rotatable bonds is 10. The number of nitrogens with zero attached hydrogens (tertiary/aromatic N) is 2. The van der Waals surface area contributed by atoms with Crippen LogP contribution in [0.5, 0.6) is 0 Å². The molecule has 0 aliphatic carbocycles. The Morgan fingerprint density at radius 2 is 1.49 bits per heavy atom. The third kappa shape index (κ3) is 9.02. The second kappa shape index (κ2) is 16.3. The first-order valence-corrected chi connectivity index (χ1v) is 17.9. The molecule has 1 amide bonds.